The first kappa shape index (κ1) is 22.0. The van der Waals surface area contributed by atoms with E-state index in [0.717, 1.165) is 49.4 Å². The third-order valence-electron chi connectivity index (χ3n) is 6.04. The Morgan fingerprint density at radius 3 is 2.75 bits per heavy atom. The number of nitrogens with zero attached hydrogens (tertiary/aromatic N) is 4. The highest BCUT2D eigenvalue weighted by Crippen LogP contribution is 2.42. The van der Waals surface area contributed by atoms with Gasteiger partial charge >= 0.3 is 0 Å². The van der Waals surface area contributed by atoms with Crippen molar-refractivity contribution in [2.45, 2.75) is 37.6 Å². The van der Waals surface area contributed by atoms with E-state index in [0.29, 0.717) is 30.0 Å². The molecule has 1 aromatic heterocycles. The molecule has 9 heteroatoms. The van der Waals surface area contributed by atoms with Gasteiger partial charge in [0.1, 0.15) is 5.82 Å². The summed E-state index contributed by atoms with van der Waals surface area (Å²) < 4.78 is 0. The van der Waals surface area contributed by atoms with Crippen molar-refractivity contribution in [3.63, 3.8) is 0 Å². The zero-order valence-electron chi connectivity index (χ0n) is 18.7. The van der Waals surface area contributed by atoms with E-state index in [2.05, 4.69) is 39.6 Å². The van der Waals surface area contributed by atoms with Gasteiger partial charge in [0.05, 0.1) is 0 Å². The van der Waals surface area contributed by atoms with E-state index in [9.17, 15) is 9.59 Å². The maximum absolute atomic E-state index is 13.0. The highest BCUT2D eigenvalue weighted by molar-refractivity contribution is 5.95. The molecule has 0 bridgehead atoms. The van der Waals surface area contributed by atoms with Crippen molar-refractivity contribution in [1.82, 2.24) is 19.8 Å². The predicted molar refractivity (Wildman–Crippen MR) is 124 cm³/mol. The van der Waals surface area contributed by atoms with Crippen LogP contribution in [0.4, 0.5) is 17.5 Å². The van der Waals surface area contributed by atoms with Gasteiger partial charge in [-0.15, -0.1) is 0 Å². The number of primary amides is 1. The second kappa shape index (κ2) is 9.52. The molecule has 4 rings (SSSR count). The van der Waals surface area contributed by atoms with Gasteiger partial charge in [0.2, 0.25) is 11.9 Å². The number of benzene rings is 1. The number of carbonyl (C=O) groups excluding carboxylic acids is 2. The van der Waals surface area contributed by atoms with Gasteiger partial charge in [-0.25, -0.2) is 4.98 Å². The summed E-state index contributed by atoms with van der Waals surface area (Å²) in [4.78, 5) is 37.2. The van der Waals surface area contributed by atoms with Crippen LogP contribution in [0.25, 0.3) is 0 Å². The molecule has 1 saturated carbocycles. The van der Waals surface area contributed by atoms with Crippen molar-refractivity contribution in [2.24, 2.45) is 5.73 Å². The van der Waals surface area contributed by atoms with E-state index < -0.39 is 0 Å². The lowest BCUT2D eigenvalue weighted by Gasteiger charge is -2.20. The van der Waals surface area contributed by atoms with Crippen LogP contribution in [-0.4, -0.2) is 71.4 Å². The van der Waals surface area contributed by atoms with Gasteiger partial charge in [0.15, 0.2) is 0 Å². The first-order chi connectivity index (χ1) is 15.4. The molecule has 1 aromatic carbocycles. The lowest BCUT2D eigenvalue weighted by atomic mass is 10.1. The highest BCUT2D eigenvalue weighted by Gasteiger charge is 2.29. The summed E-state index contributed by atoms with van der Waals surface area (Å²) in [5, 5.41) is 6.43. The average molecular weight is 438 g/mol. The minimum Gasteiger partial charge on any atom is -0.370 e. The Balaban J connectivity index is 1.46. The first-order valence-corrected chi connectivity index (χ1v) is 11.1. The molecule has 9 nitrogen and oxygen atoms in total. The fraction of sp³-hybridized carbons (Fsp3) is 0.478. The van der Waals surface area contributed by atoms with Gasteiger partial charge in [0, 0.05) is 55.1 Å². The largest absolute Gasteiger partial charge is 0.370 e. The van der Waals surface area contributed by atoms with E-state index in [1.54, 1.807) is 0 Å². The lowest BCUT2D eigenvalue weighted by molar-refractivity contribution is -0.117. The molecule has 2 heterocycles. The molecular formula is C23H31N7O2. The molecule has 170 valence electrons. The Morgan fingerprint density at radius 2 is 2.06 bits per heavy atom. The molecule has 0 radical (unpaired) electrons. The van der Waals surface area contributed by atoms with Crippen LogP contribution in [0.5, 0.6) is 0 Å². The predicted octanol–water partition coefficient (Wildman–Crippen LogP) is 2.16. The first-order valence-electron chi connectivity index (χ1n) is 11.1. The quantitative estimate of drug-likeness (QED) is 0.550. The number of nitrogens with two attached hydrogens (primary N) is 1. The molecule has 0 unspecified atom stereocenters. The Kier molecular flexibility index (Phi) is 6.55. The maximum atomic E-state index is 13.0. The van der Waals surface area contributed by atoms with Crippen LogP contribution in [0.3, 0.4) is 0 Å². The Hall–Kier alpha value is -3.20. The van der Waals surface area contributed by atoms with Crippen molar-refractivity contribution in [1.29, 1.82) is 0 Å². The average Bonchev–Trinajstić information content (AvgIpc) is 3.48. The molecule has 4 N–H and O–H groups in total. The topological polar surface area (TPSA) is 116 Å². The van der Waals surface area contributed by atoms with E-state index in [4.69, 9.17) is 5.73 Å². The van der Waals surface area contributed by atoms with Crippen LogP contribution in [0.1, 0.15) is 47.5 Å². The summed E-state index contributed by atoms with van der Waals surface area (Å²) in [6.07, 6.45) is 5.31. The number of likely N-dealkylation sites (N-methyl/N-ethyl adjacent to an activating group) is 1. The molecule has 1 aliphatic heterocycles. The monoisotopic (exact) mass is 437 g/mol. The van der Waals surface area contributed by atoms with E-state index in [1.165, 1.54) is 0 Å². The fourth-order valence-electron chi connectivity index (χ4n) is 3.98. The number of aromatic nitrogens is 2. The third-order valence-corrected chi connectivity index (χ3v) is 6.04. The number of nitrogens with one attached hydrogen (secondary N) is 2. The van der Waals surface area contributed by atoms with Gasteiger partial charge in [-0.2, -0.15) is 4.98 Å². The van der Waals surface area contributed by atoms with Crippen LogP contribution >= 0.6 is 0 Å². The molecule has 2 fully saturated rings. The van der Waals surface area contributed by atoms with Gasteiger partial charge in [-0.1, -0.05) is 6.07 Å². The van der Waals surface area contributed by atoms with Crippen molar-refractivity contribution in [3.05, 3.63) is 41.6 Å². The molecule has 2 aliphatic rings. The van der Waals surface area contributed by atoms with Crippen molar-refractivity contribution < 1.29 is 9.59 Å². The fourth-order valence-corrected chi connectivity index (χ4v) is 3.98. The molecule has 32 heavy (non-hydrogen) atoms. The van der Waals surface area contributed by atoms with Gasteiger partial charge in [0.25, 0.3) is 5.91 Å². The SMILES string of the molecule is CN(C)[C@H]1CCN(C(=O)c2cccc(Nc3ncc(C4CC4)c(NCCC(N)=O)n3)c2)C1. The van der Waals surface area contributed by atoms with Crippen LogP contribution in [0, 0.1) is 0 Å². The molecule has 0 spiro atoms. The summed E-state index contributed by atoms with van der Waals surface area (Å²) in [7, 11) is 4.10. The molecular weight excluding hydrogens is 406 g/mol. The van der Waals surface area contributed by atoms with E-state index in [1.807, 2.05) is 35.4 Å². The lowest BCUT2D eigenvalue weighted by Crippen LogP contribution is -2.34. The van der Waals surface area contributed by atoms with Crippen LogP contribution in [0.15, 0.2) is 30.5 Å². The van der Waals surface area contributed by atoms with E-state index >= 15 is 0 Å². The molecule has 2 aromatic rings. The minimum absolute atomic E-state index is 0.0387. The number of amides is 2. The Morgan fingerprint density at radius 1 is 1.25 bits per heavy atom. The zero-order valence-corrected chi connectivity index (χ0v) is 18.7. The number of hydrogen-bond donors (Lipinski definition) is 3. The van der Waals surface area contributed by atoms with Crippen LogP contribution in [0.2, 0.25) is 0 Å². The Bertz CT molecular complexity index is 990. The smallest absolute Gasteiger partial charge is 0.253 e. The maximum Gasteiger partial charge on any atom is 0.253 e. The standard InChI is InChI=1S/C23H31N7O2/c1-29(2)18-9-11-30(14-18)22(32)16-4-3-5-17(12-16)27-23-26-13-19(15-6-7-15)21(28-23)25-10-8-20(24)31/h3-5,12-13,15,18H,6-11,14H2,1-2H3,(H2,24,31)(H2,25,26,27,28)/t18-/m0/s1. The van der Waals surface area contributed by atoms with Crippen LogP contribution in [-0.2, 0) is 4.79 Å². The summed E-state index contributed by atoms with van der Waals surface area (Å²) in [6.45, 7) is 1.94. The van der Waals surface area contributed by atoms with Crippen molar-refractivity contribution in [3.8, 4) is 0 Å². The minimum atomic E-state index is -0.353. The normalized spacial score (nSPS) is 18.1. The second-order valence-corrected chi connectivity index (χ2v) is 8.78. The molecule has 1 atom stereocenters. The number of carbonyl (C=O) groups is 2. The van der Waals surface area contributed by atoms with E-state index in [-0.39, 0.29) is 18.2 Å². The second-order valence-electron chi connectivity index (χ2n) is 8.78. The number of likely N-dealkylation sites (tertiary alicyclic amines) is 1. The van der Waals surface area contributed by atoms with Crippen LogP contribution < -0.4 is 16.4 Å². The van der Waals surface area contributed by atoms with Gasteiger partial charge in [-0.3, -0.25) is 9.59 Å². The summed E-state index contributed by atoms with van der Waals surface area (Å²) in [5.41, 5.74) is 7.70. The third kappa shape index (κ3) is 5.34. The molecule has 2 amide bonds. The number of anilines is 3. The molecule has 1 saturated heterocycles. The van der Waals surface area contributed by atoms with Crippen molar-refractivity contribution >= 4 is 29.3 Å². The van der Waals surface area contributed by atoms with Gasteiger partial charge in [-0.05, 0) is 57.5 Å². The number of rotatable bonds is 9. The Labute approximate surface area is 188 Å². The molecule has 1 aliphatic carbocycles. The summed E-state index contributed by atoms with van der Waals surface area (Å²) in [6, 6.07) is 7.83. The van der Waals surface area contributed by atoms with Gasteiger partial charge < -0.3 is 26.2 Å². The number of hydrogen-bond acceptors (Lipinski definition) is 7. The van der Waals surface area contributed by atoms with Crippen molar-refractivity contribution in [2.75, 3.05) is 44.4 Å². The zero-order chi connectivity index (χ0) is 22.7. The summed E-state index contributed by atoms with van der Waals surface area (Å²) >= 11 is 0. The highest BCUT2D eigenvalue weighted by atomic mass is 16.2. The summed E-state index contributed by atoms with van der Waals surface area (Å²) in [5.74, 6) is 1.32.